The van der Waals surface area contributed by atoms with Gasteiger partial charge in [0.15, 0.2) is 5.75 Å². The number of halogens is 1. The van der Waals surface area contributed by atoms with Gasteiger partial charge in [0.1, 0.15) is 5.69 Å². The largest absolute Gasteiger partial charge is 0.493 e. The van der Waals surface area contributed by atoms with Crippen molar-refractivity contribution in [2.24, 2.45) is 7.05 Å². The van der Waals surface area contributed by atoms with Crippen molar-refractivity contribution in [2.75, 3.05) is 14.2 Å². The van der Waals surface area contributed by atoms with Crippen molar-refractivity contribution >= 4 is 33.9 Å². The number of hydrogen-bond acceptors (Lipinski definition) is 4. The Morgan fingerprint density at radius 3 is 2.88 bits per heavy atom. The van der Waals surface area contributed by atoms with Crippen LogP contribution in [-0.2, 0) is 7.05 Å². The van der Waals surface area contributed by atoms with Crippen LogP contribution in [0.1, 0.15) is 17.3 Å². The Balaban J connectivity index is 2.44. The predicted molar refractivity (Wildman–Crippen MR) is 77.7 cm³/mol. The molecule has 0 fully saturated rings. The zero-order valence-corrected chi connectivity index (χ0v) is 12.9. The smallest absolute Gasteiger partial charge is 0.161 e. The van der Waals surface area contributed by atoms with Crippen molar-refractivity contribution < 1.29 is 4.74 Å². The van der Waals surface area contributed by atoms with Gasteiger partial charge in [-0.05, 0) is 46.6 Å². The van der Waals surface area contributed by atoms with Crippen molar-refractivity contribution in [3.05, 3.63) is 31.8 Å². The van der Waals surface area contributed by atoms with Crippen LogP contribution in [0.5, 0.6) is 5.75 Å². The Morgan fingerprint density at radius 2 is 2.35 bits per heavy atom. The molecule has 2 aromatic rings. The van der Waals surface area contributed by atoms with Gasteiger partial charge in [-0.3, -0.25) is 4.68 Å². The Bertz CT molecular complexity index is 509. The fraction of sp³-hybridized carbons (Fsp3) is 0.364. The number of methoxy groups -OCH3 is 1. The fourth-order valence-corrected chi connectivity index (χ4v) is 3.25. The lowest BCUT2D eigenvalue weighted by atomic mass is 10.1. The van der Waals surface area contributed by atoms with Crippen molar-refractivity contribution in [1.29, 1.82) is 0 Å². The highest BCUT2D eigenvalue weighted by molar-refractivity contribution is 14.1. The summed E-state index contributed by atoms with van der Waals surface area (Å²) in [5, 5.41) is 9.72. The van der Waals surface area contributed by atoms with Gasteiger partial charge in [0.2, 0.25) is 0 Å². The first kappa shape index (κ1) is 12.8. The van der Waals surface area contributed by atoms with Gasteiger partial charge in [-0.15, -0.1) is 11.3 Å². The third kappa shape index (κ3) is 2.48. The number of thiophene rings is 1. The Morgan fingerprint density at radius 1 is 1.59 bits per heavy atom. The minimum absolute atomic E-state index is 0.109. The summed E-state index contributed by atoms with van der Waals surface area (Å²) in [6.45, 7) is 0. The van der Waals surface area contributed by atoms with Gasteiger partial charge in [-0.25, -0.2) is 0 Å². The minimum Gasteiger partial charge on any atom is -0.493 e. The molecule has 2 rings (SSSR count). The lowest BCUT2D eigenvalue weighted by Gasteiger charge is -2.16. The molecule has 0 saturated heterocycles. The van der Waals surface area contributed by atoms with Crippen LogP contribution in [0.2, 0.25) is 0 Å². The Labute approximate surface area is 118 Å². The first-order valence-corrected chi connectivity index (χ1v) is 7.10. The summed E-state index contributed by atoms with van der Waals surface area (Å²) >= 11 is 4.07. The summed E-state index contributed by atoms with van der Waals surface area (Å²) in [5.74, 6) is 0.813. The second-order valence-corrected chi connectivity index (χ2v) is 6.43. The second kappa shape index (κ2) is 5.36. The fourth-order valence-electron chi connectivity index (χ4n) is 1.85. The number of nitrogens with zero attached hydrogens (tertiary/aromatic N) is 2. The van der Waals surface area contributed by atoms with E-state index in [4.69, 9.17) is 4.74 Å². The summed E-state index contributed by atoms with van der Waals surface area (Å²) in [6.07, 6.45) is 1.75. The highest BCUT2D eigenvalue weighted by atomic mass is 127. The van der Waals surface area contributed by atoms with E-state index in [-0.39, 0.29) is 6.04 Å². The van der Waals surface area contributed by atoms with E-state index >= 15 is 0 Å². The highest BCUT2D eigenvalue weighted by Crippen LogP contribution is 2.31. The summed E-state index contributed by atoms with van der Waals surface area (Å²) in [4.78, 5) is 0. The molecular formula is C11H14IN3OS. The third-order valence-electron chi connectivity index (χ3n) is 2.65. The van der Waals surface area contributed by atoms with Gasteiger partial charge in [0.05, 0.1) is 22.2 Å². The first-order chi connectivity index (χ1) is 8.17. The standard InChI is InChI=1S/C11H14IN3OS/c1-13-10(7-4-9(12)17-6-7)11-8(16-3)5-14-15(11)2/h4-6,10,13H,1-3H3. The molecule has 0 spiro atoms. The molecule has 92 valence electrons. The average molecular weight is 363 g/mol. The molecule has 0 radical (unpaired) electrons. The monoisotopic (exact) mass is 363 g/mol. The van der Waals surface area contributed by atoms with Gasteiger partial charge < -0.3 is 10.1 Å². The summed E-state index contributed by atoms with van der Waals surface area (Å²) in [6, 6.07) is 2.29. The van der Waals surface area contributed by atoms with E-state index in [0.29, 0.717) is 0 Å². The van der Waals surface area contributed by atoms with E-state index in [1.165, 1.54) is 8.45 Å². The lowest BCUT2D eigenvalue weighted by Crippen LogP contribution is -2.20. The maximum Gasteiger partial charge on any atom is 0.161 e. The summed E-state index contributed by atoms with van der Waals surface area (Å²) < 4.78 is 8.48. The number of aryl methyl sites for hydroxylation is 1. The predicted octanol–water partition coefficient (Wildman–Crippen LogP) is 2.40. The van der Waals surface area contributed by atoms with Crippen LogP contribution in [0.25, 0.3) is 0 Å². The molecule has 2 heterocycles. The molecule has 0 aromatic carbocycles. The zero-order chi connectivity index (χ0) is 12.4. The van der Waals surface area contributed by atoms with Crippen LogP contribution in [0.4, 0.5) is 0 Å². The topological polar surface area (TPSA) is 39.1 Å². The number of nitrogens with one attached hydrogen (secondary N) is 1. The van der Waals surface area contributed by atoms with E-state index in [1.54, 1.807) is 24.6 Å². The average Bonchev–Trinajstić information content (AvgIpc) is 2.89. The maximum absolute atomic E-state index is 5.36. The van der Waals surface area contributed by atoms with Crippen LogP contribution < -0.4 is 10.1 Å². The summed E-state index contributed by atoms with van der Waals surface area (Å²) in [5.41, 5.74) is 2.29. The van der Waals surface area contributed by atoms with Crippen LogP contribution in [0.15, 0.2) is 17.6 Å². The molecule has 1 atom stereocenters. The van der Waals surface area contributed by atoms with Gasteiger partial charge in [-0.2, -0.15) is 5.10 Å². The molecule has 1 N–H and O–H groups in total. The highest BCUT2D eigenvalue weighted by Gasteiger charge is 2.21. The number of ether oxygens (including phenoxy) is 1. The number of aromatic nitrogens is 2. The van der Waals surface area contributed by atoms with E-state index in [9.17, 15) is 0 Å². The van der Waals surface area contributed by atoms with E-state index < -0.39 is 0 Å². The first-order valence-electron chi connectivity index (χ1n) is 5.14. The van der Waals surface area contributed by atoms with Gasteiger partial charge >= 0.3 is 0 Å². The van der Waals surface area contributed by atoms with Crippen LogP contribution in [0, 0.1) is 2.88 Å². The molecule has 1 unspecified atom stereocenters. The lowest BCUT2D eigenvalue weighted by molar-refractivity contribution is 0.402. The van der Waals surface area contributed by atoms with Crippen molar-refractivity contribution in [3.8, 4) is 5.75 Å². The molecule has 2 aromatic heterocycles. The van der Waals surface area contributed by atoms with Crippen molar-refractivity contribution in [1.82, 2.24) is 15.1 Å². The molecule has 0 aliphatic heterocycles. The molecule has 0 amide bonds. The number of hydrogen-bond donors (Lipinski definition) is 1. The second-order valence-electron chi connectivity index (χ2n) is 3.63. The van der Waals surface area contributed by atoms with E-state index in [2.05, 4.69) is 44.5 Å². The maximum atomic E-state index is 5.36. The quantitative estimate of drug-likeness (QED) is 0.848. The van der Waals surface area contributed by atoms with Crippen LogP contribution >= 0.6 is 33.9 Å². The Kier molecular flexibility index (Phi) is 4.05. The number of rotatable bonds is 4. The van der Waals surface area contributed by atoms with E-state index in [0.717, 1.165) is 11.4 Å². The molecule has 0 bridgehead atoms. The van der Waals surface area contributed by atoms with Gasteiger partial charge in [-0.1, -0.05) is 0 Å². The SMILES string of the molecule is CNC(c1csc(I)c1)c1c(OC)cnn1C. The van der Waals surface area contributed by atoms with Crippen molar-refractivity contribution in [3.63, 3.8) is 0 Å². The van der Waals surface area contributed by atoms with Gasteiger partial charge in [0.25, 0.3) is 0 Å². The molecule has 0 saturated carbocycles. The minimum atomic E-state index is 0.109. The third-order valence-corrected chi connectivity index (χ3v) is 4.46. The molecule has 17 heavy (non-hydrogen) atoms. The van der Waals surface area contributed by atoms with Crippen molar-refractivity contribution in [2.45, 2.75) is 6.04 Å². The van der Waals surface area contributed by atoms with Crippen LogP contribution in [0.3, 0.4) is 0 Å². The normalized spacial score (nSPS) is 12.7. The van der Waals surface area contributed by atoms with E-state index in [1.807, 2.05) is 18.8 Å². The molecule has 6 heteroatoms. The summed E-state index contributed by atoms with van der Waals surface area (Å²) in [7, 11) is 5.55. The molecular weight excluding hydrogens is 349 g/mol. The molecule has 0 aliphatic carbocycles. The Hall–Kier alpha value is -0.600. The zero-order valence-electron chi connectivity index (χ0n) is 9.90. The van der Waals surface area contributed by atoms with Crippen LogP contribution in [-0.4, -0.2) is 23.9 Å². The van der Waals surface area contributed by atoms with Gasteiger partial charge in [0, 0.05) is 7.05 Å². The molecule has 0 aliphatic rings. The molecule has 4 nitrogen and oxygen atoms in total.